The average molecular weight is 381 g/mol. The predicted molar refractivity (Wildman–Crippen MR) is 101 cm³/mol. The molecule has 5 nitrogen and oxygen atoms in total. The molecule has 1 N–H and O–H groups in total. The molecule has 0 spiro atoms. The monoisotopic (exact) mass is 380 g/mol. The zero-order valence-electron chi connectivity index (χ0n) is 14.1. The summed E-state index contributed by atoms with van der Waals surface area (Å²) in [6.07, 6.45) is 5.01. The first-order valence-electron chi connectivity index (χ1n) is 8.47. The number of nitrogens with zero attached hydrogens (tertiary/aromatic N) is 3. The van der Waals surface area contributed by atoms with Gasteiger partial charge in [-0.25, -0.2) is 0 Å². The summed E-state index contributed by atoms with van der Waals surface area (Å²) >= 11 is 6.34. The van der Waals surface area contributed by atoms with Gasteiger partial charge in [0.25, 0.3) is 5.91 Å². The fourth-order valence-corrected chi connectivity index (χ4v) is 4.18. The highest BCUT2D eigenvalue weighted by atomic mass is 35.5. The lowest BCUT2D eigenvalue weighted by Gasteiger charge is -2.27. The molecule has 25 heavy (non-hydrogen) atoms. The van der Waals surface area contributed by atoms with Crippen molar-refractivity contribution in [3.63, 3.8) is 0 Å². The third-order valence-electron chi connectivity index (χ3n) is 5.08. The second kappa shape index (κ2) is 7.36. The Morgan fingerprint density at radius 1 is 1.24 bits per heavy atom. The molecule has 2 unspecified atom stereocenters. The highest BCUT2D eigenvalue weighted by Gasteiger charge is 2.39. The molecule has 2 aliphatic heterocycles. The van der Waals surface area contributed by atoms with Crippen molar-refractivity contribution < 1.29 is 4.79 Å². The van der Waals surface area contributed by atoms with Gasteiger partial charge in [0, 0.05) is 37.4 Å². The lowest BCUT2D eigenvalue weighted by Crippen LogP contribution is -2.42. The molecular weight excluding hydrogens is 359 g/mol. The van der Waals surface area contributed by atoms with Gasteiger partial charge in [-0.05, 0) is 31.9 Å². The van der Waals surface area contributed by atoms with Crippen molar-refractivity contribution in [2.24, 2.45) is 7.05 Å². The topological polar surface area (TPSA) is 50.2 Å². The van der Waals surface area contributed by atoms with E-state index in [-0.39, 0.29) is 24.4 Å². The number of aromatic nitrogens is 2. The van der Waals surface area contributed by atoms with Crippen LogP contribution in [0.5, 0.6) is 0 Å². The maximum absolute atomic E-state index is 13.3. The van der Waals surface area contributed by atoms with Crippen LogP contribution in [0, 0.1) is 0 Å². The van der Waals surface area contributed by atoms with Crippen LogP contribution in [0.1, 0.15) is 29.6 Å². The number of hydrogen-bond donors (Lipinski definition) is 1. The molecule has 7 heteroatoms. The summed E-state index contributed by atoms with van der Waals surface area (Å²) < 4.78 is 1.70. The quantitative estimate of drug-likeness (QED) is 0.870. The van der Waals surface area contributed by atoms with Gasteiger partial charge in [-0.15, -0.1) is 12.4 Å². The highest BCUT2D eigenvalue weighted by Crippen LogP contribution is 2.34. The number of fused-ring (bicyclic) bond motifs is 2. The van der Waals surface area contributed by atoms with E-state index in [1.165, 1.54) is 0 Å². The van der Waals surface area contributed by atoms with Gasteiger partial charge in [-0.1, -0.05) is 29.8 Å². The summed E-state index contributed by atoms with van der Waals surface area (Å²) in [6, 6.07) is 8.17. The fraction of sp³-hybridized carbons (Fsp3) is 0.444. The first-order valence-corrected chi connectivity index (χ1v) is 8.85. The van der Waals surface area contributed by atoms with E-state index in [4.69, 9.17) is 11.6 Å². The van der Waals surface area contributed by atoms with Crippen LogP contribution in [0.3, 0.4) is 0 Å². The van der Waals surface area contributed by atoms with Crippen LogP contribution >= 0.6 is 24.0 Å². The van der Waals surface area contributed by atoms with Gasteiger partial charge in [-0.2, -0.15) is 5.10 Å². The van der Waals surface area contributed by atoms with Gasteiger partial charge in [-0.3, -0.25) is 9.48 Å². The molecule has 2 fully saturated rings. The Bertz CT molecular complexity index is 762. The summed E-state index contributed by atoms with van der Waals surface area (Å²) in [5, 5.41) is 8.58. The summed E-state index contributed by atoms with van der Waals surface area (Å²) in [6.45, 7) is 1.86. The molecular formula is C18H22Cl2N4O. The van der Waals surface area contributed by atoms with Gasteiger partial charge in [0.2, 0.25) is 0 Å². The summed E-state index contributed by atoms with van der Waals surface area (Å²) in [4.78, 5) is 15.4. The van der Waals surface area contributed by atoms with Crippen molar-refractivity contribution in [2.75, 3.05) is 13.1 Å². The van der Waals surface area contributed by atoms with E-state index in [2.05, 4.69) is 15.3 Å². The van der Waals surface area contributed by atoms with Crippen LogP contribution in [0.2, 0.25) is 5.02 Å². The summed E-state index contributed by atoms with van der Waals surface area (Å²) in [5.41, 5.74) is 2.12. The number of rotatable bonds is 2. The molecule has 2 aliphatic rings. The van der Waals surface area contributed by atoms with Crippen LogP contribution in [-0.2, 0) is 7.05 Å². The predicted octanol–water partition coefficient (Wildman–Crippen LogP) is 3.13. The molecule has 1 aromatic heterocycles. The Morgan fingerprint density at radius 2 is 2.00 bits per heavy atom. The summed E-state index contributed by atoms with van der Waals surface area (Å²) in [7, 11) is 1.84. The van der Waals surface area contributed by atoms with E-state index in [9.17, 15) is 4.79 Å². The molecule has 4 rings (SSSR count). The minimum atomic E-state index is 0. The highest BCUT2D eigenvalue weighted by molar-refractivity contribution is 6.33. The standard InChI is InChI=1S/C18H21ClN4O.ClH/c1-22-11-15(17(21-22)14-4-2-3-5-16(14)19)18(24)23-12-6-7-13(23)10-20-9-8-12;/h2-5,11-13,20H,6-10H2,1H3;1H. The minimum Gasteiger partial charge on any atom is -0.331 e. The zero-order valence-corrected chi connectivity index (χ0v) is 15.7. The van der Waals surface area contributed by atoms with Gasteiger partial charge in [0.1, 0.15) is 5.69 Å². The molecule has 2 aromatic rings. The maximum atomic E-state index is 13.3. The van der Waals surface area contributed by atoms with Gasteiger partial charge >= 0.3 is 0 Å². The minimum absolute atomic E-state index is 0. The largest absolute Gasteiger partial charge is 0.331 e. The van der Waals surface area contributed by atoms with Gasteiger partial charge < -0.3 is 10.2 Å². The van der Waals surface area contributed by atoms with Crippen LogP contribution < -0.4 is 5.32 Å². The van der Waals surface area contributed by atoms with E-state index >= 15 is 0 Å². The number of aryl methyl sites for hydroxylation is 1. The lowest BCUT2D eigenvalue weighted by atomic mass is 10.1. The van der Waals surface area contributed by atoms with E-state index in [0.717, 1.165) is 37.9 Å². The normalized spacial score (nSPS) is 22.4. The van der Waals surface area contributed by atoms with Crippen molar-refractivity contribution in [3.8, 4) is 11.3 Å². The summed E-state index contributed by atoms with van der Waals surface area (Å²) in [5.74, 6) is 0.0780. The van der Waals surface area contributed by atoms with Crippen molar-refractivity contribution in [3.05, 3.63) is 41.0 Å². The van der Waals surface area contributed by atoms with Gasteiger partial charge in [0.15, 0.2) is 0 Å². The van der Waals surface area contributed by atoms with Crippen molar-refractivity contribution >= 4 is 29.9 Å². The Labute approximate surface area is 158 Å². The molecule has 1 amide bonds. The molecule has 2 saturated heterocycles. The molecule has 0 aliphatic carbocycles. The smallest absolute Gasteiger partial charge is 0.258 e. The molecule has 1 aromatic carbocycles. The third kappa shape index (κ3) is 3.28. The molecule has 0 radical (unpaired) electrons. The third-order valence-corrected chi connectivity index (χ3v) is 5.41. The van der Waals surface area contributed by atoms with Crippen LogP contribution in [0.25, 0.3) is 11.3 Å². The fourth-order valence-electron chi connectivity index (χ4n) is 3.95. The Balaban J connectivity index is 0.00000182. The second-order valence-electron chi connectivity index (χ2n) is 6.64. The lowest BCUT2D eigenvalue weighted by molar-refractivity contribution is 0.0681. The maximum Gasteiger partial charge on any atom is 0.258 e. The second-order valence-corrected chi connectivity index (χ2v) is 7.04. The zero-order chi connectivity index (χ0) is 16.7. The van der Waals surface area contributed by atoms with E-state index in [1.807, 2.05) is 37.5 Å². The number of nitrogens with one attached hydrogen (secondary N) is 1. The molecule has 0 saturated carbocycles. The molecule has 2 atom stereocenters. The van der Waals surface area contributed by atoms with Gasteiger partial charge in [0.05, 0.1) is 10.6 Å². The van der Waals surface area contributed by atoms with Crippen molar-refractivity contribution in [1.29, 1.82) is 0 Å². The van der Waals surface area contributed by atoms with Crippen LogP contribution in [-0.4, -0.2) is 45.8 Å². The Kier molecular flexibility index (Phi) is 5.37. The number of carbonyl (C=O) groups excluding carboxylic acids is 1. The van der Waals surface area contributed by atoms with Crippen LogP contribution in [0.4, 0.5) is 0 Å². The van der Waals surface area contributed by atoms with E-state index in [0.29, 0.717) is 22.3 Å². The number of hydrogen-bond acceptors (Lipinski definition) is 3. The first kappa shape index (κ1) is 18.2. The van der Waals surface area contributed by atoms with Crippen molar-refractivity contribution in [2.45, 2.75) is 31.3 Å². The SMILES string of the molecule is Cl.Cn1cc(C(=O)N2C3CCNCC2CC3)c(-c2ccccc2Cl)n1. The van der Waals surface area contributed by atoms with Crippen molar-refractivity contribution in [1.82, 2.24) is 20.0 Å². The molecule has 3 heterocycles. The van der Waals surface area contributed by atoms with E-state index in [1.54, 1.807) is 4.68 Å². The number of carbonyl (C=O) groups is 1. The number of halogens is 2. The number of amides is 1. The first-order chi connectivity index (χ1) is 11.6. The molecule has 2 bridgehead atoms. The number of benzene rings is 1. The Hall–Kier alpha value is -1.56. The van der Waals surface area contributed by atoms with Crippen LogP contribution in [0.15, 0.2) is 30.5 Å². The average Bonchev–Trinajstić information content (AvgIpc) is 3.06. The molecule has 134 valence electrons. The Morgan fingerprint density at radius 3 is 2.80 bits per heavy atom. The van der Waals surface area contributed by atoms with E-state index < -0.39 is 0 Å².